The van der Waals surface area contributed by atoms with Gasteiger partial charge in [0, 0.05) is 29.0 Å². The van der Waals surface area contributed by atoms with Crippen molar-refractivity contribution in [2.24, 2.45) is 0 Å². The second kappa shape index (κ2) is 9.29. The Bertz CT molecular complexity index is 1410. The Hall–Kier alpha value is -4.48. The maximum absolute atomic E-state index is 13.0. The van der Waals surface area contributed by atoms with Gasteiger partial charge in [-0.3, -0.25) is 4.79 Å². The molecule has 0 atom stereocenters. The van der Waals surface area contributed by atoms with Crippen LogP contribution in [-0.2, 0) is 6.18 Å². The van der Waals surface area contributed by atoms with Crippen molar-refractivity contribution in [2.75, 3.05) is 16.0 Å². The molecular formula is C24H21F3N8O. The molecule has 1 saturated carbocycles. The van der Waals surface area contributed by atoms with Gasteiger partial charge in [0.1, 0.15) is 18.5 Å². The van der Waals surface area contributed by atoms with E-state index in [1.54, 1.807) is 24.3 Å². The number of anilines is 4. The summed E-state index contributed by atoms with van der Waals surface area (Å²) in [6.45, 7) is 1.85. The van der Waals surface area contributed by atoms with Crippen LogP contribution in [0.2, 0.25) is 0 Å². The number of aromatic nitrogens is 5. The first-order valence-electron chi connectivity index (χ1n) is 11.1. The molecule has 5 rings (SSSR count). The van der Waals surface area contributed by atoms with E-state index in [1.807, 2.05) is 6.92 Å². The number of halogens is 3. The minimum Gasteiger partial charge on any atom is -0.367 e. The van der Waals surface area contributed by atoms with Crippen molar-refractivity contribution < 1.29 is 18.0 Å². The lowest BCUT2D eigenvalue weighted by molar-refractivity contribution is -0.137. The maximum Gasteiger partial charge on any atom is 0.416 e. The summed E-state index contributed by atoms with van der Waals surface area (Å²) in [7, 11) is 0. The van der Waals surface area contributed by atoms with Gasteiger partial charge < -0.3 is 16.0 Å². The van der Waals surface area contributed by atoms with Crippen LogP contribution in [-0.4, -0.2) is 36.7 Å². The second-order valence-electron chi connectivity index (χ2n) is 8.36. The second-order valence-corrected chi connectivity index (χ2v) is 8.36. The van der Waals surface area contributed by atoms with Gasteiger partial charge in [-0.15, -0.1) is 0 Å². The quantitative estimate of drug-likeness (QED) is 0.333. The van der Waals surface area contributed by atoms with Crippen molar-refractivity contribution in [3.05, 3.63) is 77.9 Å². The Labute approximate surface area is 203 Å². The lowest BCUT2D eigenvalue weighted by Crippen LogP contribution is -2.14. The molecule has 2 heterocycles. The van der Waals surface area contributed by atoms with Crippen LogP contribution in [0.5, 0.6) is 0 Å². The molecule has 184 valence electrons. The third-order valence-corrected chi connectivity index (χ3v) is 5.54. The molecule has 2 aromatic heterocycles. The van der Waals surface area contributed by atoms with Crippen LogP contribution in [0.1, 0.15) is 34.3 Å². The molecule has 0 unspecified atom stereocenters. The van der Waals surface area contributed by atoms with E-state index in [1.165, 1.54) is 29.5 Å². The van der Waals surface area contributed by atoms with E-state index in [0.717, 1.165) is 30.5 Å². The molecule has 3 N–H and O–H groups in total. The van der Waals surface area contributed by atoms with E-state index in [4.69, 9.17) is 0 Å². The van der Waals surface area contributed by atoms with E-state index in [0.29, 0.717) is 29.3 Å². The van der Waals surface area contributed by atoms with Crippen LogP contribution >= 0.6 is 0 Å². The molecule has 1 aliphatic carbocycles. The monoisotopic (exact) mass is 494 g/mol. The van der Waals surface area contributed by atoms with Crippen LogP contribution in [0.4, 0.5) is 36.3 Å². The van der Waals surface area contributed by atoms with Gasteiger partial charge in [0.25, 0.3) is 5.91 Å². The van der Waals surface area contributed by atoms with Crippen molar-refractivity contribution in [3.63, 3.8) is 0 Å². The lowest BCUT2D eigenvalue weighted by Gasteiger charge is -2.13. The minimum absolute atomic E-state index is 0.0454. The fourth-order valence-electron chi connectivity index (χ4n) is 3.47. The lowest BCUT2D eigenvalue weighted by atomic mass is 10.1. The Morgan fingerprint density at radius 1 is 1.03 bits per heavy atom. The number of carbonyl (C=O) groups is 1. The normalized spacial score (nSPS) is 13.3. The summed E-state index contributed by atoms with van der Waals surface area (Å²) in [6, 6.07) is 11.6. The highest BCUT2D eigenvalue weighted by Crippen LogP contribution is 2.31. The van der Waals surface area contributed by atoms with E-state index in [9.17, 15) is 18.0 Å². The molecule has 36 heavy (non-hydrogen) atoms. The van der Waals surface area contributed by atoms with Crippen LogP contribution in [0.25, 0.3) is 5.82 Å². The molecule has 0 bridgehead atoms. The van der Waals surface area contributed by atoms with Gasteiger partial charge in [-0.25, -0.2) is 9.97 Å². The summed E-state index contributed by atoms with van der Waals surface area (Å²) in [5.41, 5.74) is 0.852. The fraction of sp³-hybridized carbons (Fsp3) is 0.208. The molecular weight excluding hydrogens is 473 g/mol. The number of alkyl halides is 3. The first-order valence-corrected chi connectivity index (χ1v) is 11.1. The Morgan fingerprint density at radius 3 is 2.64 bits per heavy atom. The average molecular weight is 494 g/mol. The molecule has 2 aromatic carbocycles. The van der Waals surface area contributed by atoms with Gasteiger partial charge in [-0.1, -0.05) is 12.1 Å². The number of nitrogens with zero attached hydrogens (tertiary/aromatic N) is 5. The Morgan fingerprint density at radius 2 is 1.86 bits per heavy atom. The molecule has 0 radical (unpaired) electrons. The predicted molar refractivity (Wildman–Crippen MR) is 127 cm³/mol. The number of nitrogens with one attached hydrogen (secondary N) is 3. The Kier molecular flexibility index (Phi) is 6.00. The van der Waals surface area contributed by atoms with Crippen molar-refractivity contribution in [1.29, 1.82) is 0 Å². The number of carbonyl (C=O) groups excluding carboxylic acids is 1. The molecule has 1 amide bonds. The summed E-state index contributed by atoms with van der Waals surface area (Å²) in [5, 5.41) is 13.2. The number of hydrogen-bond acceptors (Lipinski definition) is 7. The van der Waals surface area contributed by atoms with Crippen LogP contribution < -0.4 is 16.0 Å². The first kappa shape index (κ1) is 23.3. The zero-order valence-corrected chi connectivity index (χ0v) is 19.0. The van der Waals surface area contributed by atoms with Gasteiger partial charge >= 0.3 is 6.18 Å². The van der Waals surface area contributed by atoms with E-state index in [-0.39, 0.29) is 11.3 Å². The molecule has 0 saturated heterocycles. The highest BCUT2D eigenvalue weighted by molar-refractivity contribution is 6.05. The molecule has 4 aromatic rings. The molecule has 12 heteroatoms. The summed E-state index contributed by atoms with van der Waals surface area (Å²) in [6.07, 6.45) is 0.516. The van der Waals surface area contributed by atoms with Gasteiger partial charge in [-0.2, -0.15) is 27.9 Å². The maximum atomic E-state index is 13.0. The summed E-state index contributed by atoms with van der Waals surface area (Å²) < 4.78 is 40.5. The third kappa shape index (κ3) is 5.27. The topological polar surface area (TPSA) is 110 Å². The van der Waals surface area contributed by atoms with E-state index >= 15 is 0 Å². The number of benzene rings is 2. The number of aryl methyl sites for hydroxylation is 1. The van der Waals surface area contributed by atoms with Crippen LogP contribution in [0.15, 0.2) is 61.2 Å². The number of hydrogen-bond donors (Lipinski definition) is 3. The van der Waals surface area contributed by atoms with Gasteiger partial charge in [0.15, 0.2) is 5.82 Å². The van der Waals surface area contributed by atoms with Gasteiger partial charge in [0.2, 0.25) is 5.95 Å². The summed E-state index contributed by atoms with van der Waals surface area (Å²) >= 11 is 0. The number of amides is 1. The molecule has 0 aliphatic heterocycles. The average Bonchev–Trinajstić information content (AvgIpc) is 3.54. The summed E-state index contributed by atoms with van der Waals surface area (Å²) in [5.74, 6) is 1.01. The SMILES string of the molecule is Cc1ccc(C(=O)Nc2cccc(C(F)(F)F)c2)cc1Nc1ncnn1-c1cc(NC2CC2)ncn1. The van der Waals surface area contributed by atoms with E-state index < -0.39 is 17.6 Å². The molecule has 1 fully saturated rings. The summed E-state index contributed by atoms with van der Waals surface area (Å²) in [4.78, 5) is 25.5. The largest absolute Gasteiger partial charge is 0.416 e. The highest BCUT2D eigenvalue weighted by atomic mass is 19.4. The molecule has 9 nitrogen and oxygen atoms in total. The predicted octanol–water partition coefficient (Wildman–Crippen LogP) is 4.95. The third-order valence-electron chi connectivity index (χ3n) is 5.54. The zero-order valence-electron chi connectivity index (χ0n) is 19.0. The van der Waals surface area contributed by atoms with Crippen molar-refractivity contribution in [1.82, 2.24) is 24.7 Å². The highest BCUT2D eigenvalue weighted by Gasteiger charge is 2.30. The zero-order chi connectivity index (χ0) is 25.3. The van der Waals surface area contributed by atoms with Crippen molar-refractivity contribution in [2.45, 2.75) is 32.0 Å². The van der Waals surface area contributed by atoms with Crippen LogP contribution in [0.3, 0.4) is 0 Å². The van der Waals surface area contributed by atoms with Crippen molar-refractivity contribution >= 4 is 29.0 Å². The minimum atomic E-state index is -4.50. The standard InChI is InChI=1S/C24H21F3N8O/c1-14-5-6-15(22(36)33-18-4-2-3-16(10-18)24(25,26)27)9-19(14)34-23-30-13-31-35(23)21-11-20(28-12-29-21)32-17-7-8-17/h2-6,9-13,17H,7-8H2,1H3,(H,33,36)(H,28,29,32)(H,30,31,34). The van der Waals surface area contributed by atoms with Gasteiger partial charge in [0.05, 0.1) is 5.56 Å². The number of rotatable bonds is 7. The Balaban J connectivity index is 1.35. The first-order chi connectivity index (χ1) is 17.3. The van der Waals surface area contributed by atoms with Gasteiger partial charge in [-0.05, 0) is 55.7 Å². The molecule has 1 aliphatic rings. The molecule has 0 spiro atoms. The van der Waals surface area contributed by atoms with Crippen molar-refractivity contribution in [3.8, 4) is 5.82 Å². The van der Waals surface area contributed by atoms with Crippen LogP contribution in [0, 0.1) is 6.92 Å². The van der Waals surface area contributed by atoms with E-state index in [2.05, 4.69) is 36.0 Å². The smallest absolute Gasteiger partial charge is 0.367 e. The fourth-order valence-corrected chi connectivity index (χ4v) is 3.47.